The molecule has 92 valence electrons. The van der Waals surface area contributed by atoms with E-state index in [2.05, 4.69) is 0 Å². The van der Waals surface area contributed by atoms with Crippen LogP contribution >= 0.6 is 0 Å². The van der Waals surface area contributed by atoms with E-state index < -0.39 is 5.97 Å². The van der Waals surface area contributed by atoms with Crippen molar-refractivity contribution >= 4 is 5.97 Å². The average molecular weight is 238 g/mol. The molecule has 1 N–H and O–H groups in total. The summed E-state index contributed by atoms with van der Waals surface area (Å²) in [6, 6.07) is 6.49. The molecule has 1 aliphatic heterocycles. The molecule has 0 unspecified atom stereocenters. The third-order valence-corrected chi connectivity index (χ3v) is 3.24. The van der Waals surface area contributed by atoms with Gasteiger partial charge in [0.05, 0.1) is 13.2 Å². The van der Waals surface area contributed by atoms with Gasteiger partial charge in [0, 0.05) is 11.8 Å². The summed E-state index contributed by atoms with van der Waals surface area (Å²) >= 11 is 0. The van der Waals surface area contributed by atoms with Crippen LogP contribution in [-0.2, 0) is 14.9 Å². The van der Waals surface area contributed by atoms with Crippen molar-refractivity contribution < 1.29 is 19.0 Å². The minimum absolute atomic E-state index is 0.150. The standard InChI is InChI=1S/C13H15FO3/c14-11-4-1-3-10(7-11)13(8-17-9-13)6-2-5-12(15)16/h1,3-4,7H,2,5-6,8-9H2,(H,15,16). The minimum Gasteiger partial charge on any atom is -0.481 e. The largest absolute Gasteiger partial charge is 0.481 e. The van der Waals surface area contributed by atoms with Gasteiger partial charge in [0.15, 0.2) is 0 Å². The Kier molecular flexibility index (Phi) is 3.43. The number of hydrogen-bond donors (Lipinski definition) is 1. The Morgan fingerprint density at radius 2 is 2.24 bits per heavy atom. The summed E-state index contributed by atoms with van der Waals surface area (Å²) in [4.78, 5) is 10.5. The molecule has 1 saturated heterocycles. The van der Waals surface area contributed by atoms with E-state index in [9.17, 15) is 9.18 Å². The van der Waals surface area contributed by atoms with Crippen molar-refractivity contribution in [2.45, 2.75) is 24.7 Å². The lowest BCUT2D eigenvalue weighted by Crippen LogP contribution is -2.46. The number of carboxylic acids is 1. The van der Waals surface area contributed by atoms with Gasteiger partial charge in [-0.25, -0.2) is 4.39 Å². The first-order valence-corrected chi connectivity index (χ1v) is 5.68. The van der Waals surface area contributed by atoms with Gasteiger partial charge >= 0.3 is 5.97 Å². The Hall–Kier alpha value is -1.42. The number of rotatable bonds is 5. The fourth-order valence-electron chi connectivity index (χ4n) is 2.20. The van der Waals surface area contributed by atoms with E-state index in [1.54, 1.807) is 6.07 Å². The normalized spacial score (nSPS) is 17.5. The first-order valence-electron chi connectivity index (χ1n) is 5.68. The zero-order valence-corrected chi connectivity index (χ0v) is 9.49. The molecule has 0 saturated carbocycles. The molecule has 1 fully saturated rings. The molecule has 0 amide bonds. The summed E-state index contributed by atoms with van der Waals surface area (Å²) in [7, 11) is 0. The van der Waals surface area contributed by atoms with Crippen LogP contribution in [0.15, 0.2) is 24.3 Å². The molecule has 17 heavy (non-hydrogen) atoms. The first kappa shape index (κ1) is 12.0. The topological polar surface area (TPSA) is 46.5 Å². The number of ether oxygens (including phenoxy) is 1. The molecule has 2 rings (SSSR count). The molecular formula is C13H15FO3. The molecule has 1 heterocycles. The lowest BCUT2D eigenvalue weighted by molar-refractivity contribution is -0.137. The van der Waals surface area contributed by atoms with Gasteiger partial charge in [0.2, 0.25) is 0 Å². The highest BCUT2D eigenvalue weighted by Crippen LogP contribution is 2.37. The Morgan fingerprint density at radius 1 is 1.47 bits per heavy atom. The van der Waals surface area contributed by atoms with E-state index in [4.69, 9.17) is 9.84 Å². The molecule has 1 aliphatic rings. The molecule has 0 aliphatic carbocycles. The number of hydrogen-bond acceptors (Lipinski definition) is 2. The minimum atomic E-state index is -0.792. The zero-order valence-electron chi connectivity index (χ0n) is 9.49. The van der Waals surface area contributed by atoms with Gasteiger partial charge in [0.1, 0.15) is 5.82 Å². The Labute approximate surface area is 99.2 Å². The van der Waals surface area contributed by atoms with Crippen LogP contribution in [0.4, 0.5) is 4.39 Å². The lowest BCUT2D eigenvalue weighted by Gasteiger charge is -2.42. The van der Waals surface area contributed by atoms with Crippen LogP contribution in [0.3, 0.4) is 0 Å². The second-order valence-electron chi connectivity index (χ2n) is 4.53. The quantitative estimate of drug-likeness (QED) is 0.856. The molecule has 1 aromatic rings. The maximum absolute atomic E-state index is 13.2. The Morgan fingerprint density at radius 3 is 2.76 bits per heavy atom. The molecule has 0 atom stereocenters. The van der Waals surface area contributed by atoms with Crippen molar-refractivity contribution in [1.29, 1.82) is 0 Å². The summed E-state index contributed by atoms with van der Waals surface area (Å²) < 4.78 is 18.4. The van der Waals surface area contributed by atoms with Crippen LogP contribution in [0.25, 0.3) is 0 Å². The van der Waals surface area contributed by atoms with Crippen LogP contribution in [0.1, 0.15) is 24.8 Å². The SMILES string of the molecule is O=C(O)CCCC1(c2cccc(F)c2)COC1. The molecule has 0 spiro atoms. The van der Waals surface area contributed by atoms with Crippen molar-refractivity contribution in [1.82, 2.24) is 0 Å². The summed E-state index contributed by atoms with van der Waals surface area (Å²) in [6.45, 7) is 1.10. The van der Waals surface area contributed by atoms with E-state index in [1.807, 2.05) is 6.07 Å². The maximum atomic E-state index is 13.2. The van der Waals surface area contributed by atoms with Crippen LogP contribution in [0.5, 0.6) is 0 Å². The second kappa shape index (κ2) is 4.84. The van der Waals surface area contributed by atoms with Gasteiger partial charge in [-0.1, -0.05) is 12.1 Å². The molecule has 3 nitrogen and oxygen atoms in total. The highest BCUT2D eigenvalue weighted by atomic mass is 19.1. The highest BCUT2D eigenvalue weighted by molar-refractivity contribution is 5.66. The number of halogens is 1. The van der Waals surface area contributed by atoms with Crippen LogP contribution in [-0.4, -0.2) is 24.3 Å². The Bertz CT molecular complexity index is 413. The van der Waals surface area contributed by atoms with Crippen molar-refractivity contribution in [2.75, 3.05) is 13.2 Å². The number of carbonyl (C=O) groups is 1. The molecular weight excluding hydrogens is 223 g/mol. The third-order valence-electron chi connectivity index (χ3n) is 3.24. The molecule has 0 radical (unpaired) electrons. The van der Waals surface area contributed by atoms with Gasteiger partial charge in [0.25, 0.3) is 0 Å². The fourth-order valence-corrected chi connectivity index (χ4v) is 2.20. The van der Waals surface area contributed by atoms with Gasteiger partial charge < -0.3 is 9.84 Å². The van der Waals surface area contributed by atoms with E-state index >= 15 is 0 Å². The molecule has 1 aromatic carbocycles. The van der Waals surface area contributed by atoms with E-state index in [0.717, 1.165) is 12.0 Å². The van der Waals surface area contributed by atoms with Gasteiger partial charge in [-0.05, 0) is 30.5 Å². The Balaban J connectivity index is 2.06. The van der Waals surface area contributed by atoms with E-state index in [1.165, 1.54) is 12.1 Å². The third kappa shape index (κ3) is 2.64. The van der Waals surface area contributed by atoms with Crippen LogP contribution < -0.4 is 0 Å². The zero-order chi connectivity index (χ0) is 12.3. The smallest absolute Gasteiger partial charge is 0.303 e. The van der Waals surface area contributed by atoms with Crippen molar-refractivity contribution in [3.05, 3.63) is 35.6 Å². The number of carboxylic acid groups (broad SMARTS) is 1. The van der Waals surface area contributed by atoms with Gasteiger partial charge in [-0.3, -0.25) is 4.79 Å². The van der Waals surface area contributed by atoms with Crippen molar-refractivity contribution in [2.24, 2.45) is 0 Å². The predicted molar refractivity (Wildman–Crippen MR) is 60.4 cm³/mol. The van der Waals surface area contributed by atoms with Crippen LogP contribution in [0.2, 0.25) is 0 Å². The first-order chi connectivity index (χ1) is 8.12. The van der Waals surface area contributed by atoms with Gasteiger partial charge in [-0.15, -0.1) is 0 Å². The van der Waals surface area contributed by atoms with E-state index in [0.29, 0.717) is 19.6 Å². The fraction of sp³-hybridized carbons (Fsp3) is 0.462. The second-order valence-corrected chi connectivity index (χ2v) is 4.53. The number of benzene rings is 1. The summed E-state index contributed by atoms with van der Waals surface area (Å²) in [6.07, 6.45) is 1.47. The monoisotopic (exact) mass is 238 g/mol. The molecule has 0 aromatic heterocycles. The van der Waals surface area contributed by atoms with Crippen molar-refractivity contribution in [3.63, 3.8) is 0 Å². The van der Waals surface area contributed by atoms with Crippen molar-refractivity contribution in [3.8, 4) is 0 Å². The van der Waals surface area contributed by atoms with Crippen LogP contribution in [0, 0.1) is 5.82 Å². The summed E-state index contributed by atoms with van der Waals surface area (Å²) in [5, 5.41) is 8.62. The van der Waals surface area contributed by atoms with Gasteiger partial charge in [-0.2, -0.15) is 0 Å². The average Bonchev–Trinajstić information content (AvgIpc) is 2.21. The summed E-state index contributed by atoms with van der Waals surface area (Å²) in [5.74, 6) is -1.05. The van der Waals surface area contributed by atoms with E-state index in [-0.39, 0.29) is 17.7 Å². The molecule has 4 heteroatoms. The maximum Gasteiger partial charge on any atom is 0.303 e. The lowest BCUT2D eigenvalue weighted by atomic mass is 9.75. The highest BCUT2D eigenvalue weighted by Gasteiger charge is 2.39. The molecule has 0 bridgehead atoms. The predicted octanol–water partition coefficient (Wildman–Crippen LogP) is 2.35. The number of aliphatic carboxylic acids is 1. The summed E-state index contributed by atoms with van der Waals surface area (Å²) in [5.41, 5.74) is 0.728.